The Hall–Kier alpha value is -1.52. The van der Waals surface area contributed by atoms with Crippen molar-refractivity contribution in [1.82, 2.24) is 15.1 Å². The smallest absolute Gasteiger partial charge is 0.252 e. The Labute approximate surface area is 134 Å². The fourth-order valence-electron chi connectivity index (χ4n) is 2.10. The Morgan fingerprint density at radius 2 is 2.05 bits per heavy atom. The molecule has 0 unspecified atom stereocenters. The lowest BCUT2D eigenvalue weighted by Crippen LogP contribution is -2.25. The zero-order valence-electron chi connectivity index (χ0n) is 12.0. The molecule has 2 aromatic rings. The summed E-state index contributed by atoms with van der Waals surface area (Å²) in [6.07, 6.45) is 0.804. The van der Waals surface area contributed by atoms with E-state index in [4.69, 9.17) is 23.2 Å². The average Bonchev–Trinajstić information content (AvgIpc) is 2.73. The van der Waals surface area contributed by atoms with Crippen molar-refractivity contribution >= 4 is 29.1 Å². The van der Waals surface area contributed by atoms with Gasteiger partial charge in [0.15, 0.2) is 0 Å². The van der Waals surface area contributed by atoms with Crippen LogP contribution in [0.1, 0.15) is 28.2 Å². The zero-order valence-corrected chi connectivity index (χ0v) is 13.5. The van der Waals surface area contributed by atoms with E-state index in [0.717, 1.165) is 24.4 Å². The molecule has 0 saturated carbocycles. The van der Waals surface area contributed by atoms with E-state index in [0.29, 0.717) is 22.2 Å². The highest BCUT2D eigenvalue weighted by molar-refractivity contribution is 6.36. The Morgan fingerprint density at radius 1 is 1.29 bits per heavy atom. The van der Waals surface area contributed by atoms with Gasteiger partial charge < -0.3 is 5.32 Å². The lowest BCUT2D eigenvalue weighted by Gasteiger charge is -2.08. The van der Waals surface area contributed by atoms with Crippen molar-refractivity contribution in [2.75, 3.05) is 6.54 Å². The molecule has 2 rings (SSSR count). The molecule has 0 aliphatic heterocycles. The fraction of sp³-hybridized carbons (Fsp3) is 0.333. The number of hydrogen-bond donors (Lipinski definition) is 1. The minimum Gasteiger partial charge on any atom is -0.352 e. The Kier molecular flexibility index (Phi) is 5.26. The van der Waals surface area contributed by atoms with Crippen molar-refractivity contribution in [2.45, 2.75) is 26.8 Å². The third kappa shape index (κ3) is 4.22. The Bertz CT molecular complexity index is 652. The van der Waals surface area contributed by atoms with E-state index in [1.807, 2.05) is 24.6 Å². The summed E-state index contributed by atoms with van der Waals surface area (Å²) in [6, 6.07) is 6.87. The molecule has 0 radical (unpaired) electrons. The number of carbonyl (C=O) groups is 1. The molecule has 1 heterocycles. The summed E-state index contributed by atoms with van der Waals surface area (Å²) in [4.78, 5) is 12.0. The predicted octanol–water partition coefficient (Wildman–Crippen LogP) is 3.63. The van der Waals surface area contributed by atoms with Gasteiger partial charge in [-0.15, -0.1) is 0 Å². The minimum absolute atomic E-state index is 0.190. The molecule has 0 saturated heterocycles. The number of carbonyl (C=O) groups excluding carboxylic acids is 1. The average molecular weight is 326 g/mol. The van der Waals surface area contributed by atoms with E-state index in [2.05, 4.69) is 10.4 Å². The van der Waals surface area contributed by atoms with Gasteiger partial charge in [-0.1, -0.05) is 23.2 Å². The molecule has 4 nitrogen and oxygen atoms in total. The Morgan fingerprint density at radius 3 is 2.67 bits per heavy atom. The van der Waals surface area contributed by atoms with Gasteiger partial charge in [0.2, 0.25) is 0 Å². The van der Waals surface area contributed by atoms with Gasteiger partial charge >= 0.3 is 0 Å². The van der Waals surface area contributed by atoms with Crippen LogP contribution in [-0.2, 0) is 6.54 Å². The summed E-state index contributed by atoms with van der Waals surface area (Å²) in [5, 5.41) is 8.10. The molecule has 1 amide bonds. The van der Waals surface area contributed by atoms with Gasteiger partial charge in [-0.2, -0.15) is 5.10 Å². The molecule has 0 atom stereocenters. The number of aryl methyl sites for hydroxylation is 3. The van der Waals surface area contributed by atoms with Gasteiger partial charge in [0.1, 0.15) is 0 Å². The van der Waals surface area contributed by atoms with Crippen molar-refractivity contribution in [3.05, 3.63) is 51.3 Å². The number of amides is 1. The first kappa shape index (κ1) is 15.9. The van der Waals surface area contributed by atoms with Crippen molar-refractivity contribution < 1.29 is 4.79 Å². The maximum absolute atomic E-state index is 12.0. The van der Waals surface area contributed by atoms with Crippen LogP contribution in [0.25, 0.3) is 0 Å². The molecule has 0 spiro atoms. The summed E-state index contributed by atoms with van der Waals surface area (Å²) >= 11 is 11.8. The zero-order chi connectivity index (χ0) is 15.4. The highest BCUT2D eigenvalue weighted by Crippen LogP contribution is 2.20. The monoisotopic (exact) mass is 325 g/mol. The summed E-state index contributed by atoms with van der Waals surface area (Å²) in [7, 11) is 0. The van der Waals surface area contributed by atoms with Crippen molar-refractivity contribution in [1.29, 1.82) is 0 Å². The van der Waals surface area contributed by atoms with Crippen LogP contribution in [-0.4, -0.2) is 22.2 Å². The minimum atomic E-state index is -0.190. The number of halogens is 2. The number of aromatic nitrogens is 2. The molecule has 0 aliphatic carbocycles. The van der Waals surface area contributed by atoms with Crippen LogP contribution in [0, 0.1) is 13.8 Å². The number of nitrogens with zero attached hydrogens (tertiary/aromatic N) is 2. The third-order valence-electron chi connectivity index (χ3n) is 3.11. The maximum atomic E-state index is 12.0. The van der Waals surface area contributed by atoms with Crippen molar-refractivity contribution in [2.24, 2.45) is 0 Å². The second-order valence-corrected chi connectivity index (χ2v) is 5.73. The fourth-order valence-corrected chi connectivity index (χ4v) is 2.60. The van der Waals surface area contributed by atoms with Crippen LogP contribution in [0.3, 0.4) is 0 Å². The number of nitrogens with one attached hydrogen (secondary N) is 1. The van der Waals surface area contributed by atoms with Crippen LogP contribution in [0.4, 0.5) is 0 Å². The quantitative estimate of drug-likeness (QED) is 0.853. The molecule has 1 N–H and O–H groups in total. The lowest BCUT2D eigenvalue weighted by atomic mass is 10.2. The predicted molar refractivity (Wildman–Crippen MR) is 85.1 cm³/mol. The normalized spacial score (nSPS) is 10.7. The van der Waals surface area contributed by atoms with Gasteiger partial charge in [-0.25, -0.2) is 0 Å². The standard InChI is InChI=1S/C15H17Cl2N3O/c1-10-8-11(2)20(19-10)7-3-6-18-15(21)13-5-4-12(16)9-14(13)17/h4-5,8-9H,3,6-7H2,1-2H3,(H,18,21). The van der Waals surface area contributed by atoms with E-state index in [-0.39, 0.29) is 5.91 Å². The molecule has 1 aromatic heterocycles. The summed E-state index contributed by atoms with van der Waals surface area (Å²) in [5.74, 6) is -0.190. The Balaban J connectivity index is 1.83. The van der Waals surface area contributed by atoms with E-state index in [1.165, 1.54) is 0 Å². The van der Waals surface area contributed by atoms with Gasteiger partial charge in [0.05, 0.1) is 16.3 Å². The first-order chi connectivity index (χ1) is 9.97. The van der Waals surface area contributed by atoms with Crippen molar-refractivity contribution in [3.8, 4) is 0 Å². The number of benzene rings is 1. The molecule has 0 aliphatic rings. The first-order valence-electron chi connectivity index (χ1n) is 6.71. The summed E-state index contributed by atoms with van der Waals surface area (Å²) in [5.41, 5.74) is 2.57. The molecule has 6 heteroatoms. The van der Waals surface area contributed by atoms with E-state index >= 15 is 0 Å². The molecule has 1 aromatic carbocycles. The maximum Gasteiger partial charge on any atom is 0.252 e. The first-order valence-corrected chi connectivity index (χ1v) is 7.47. The summed E-state index contributed by atoms with van der Waals surface area (Å²) in [6.45, 7) is 5.32. The van der Waals surface area contributed by atoms with Crippen LogP contribution in [0.5, 0.6) is 0 Å². The third-order valence-corrected chi connectivity index (χ3v) is 3.66. The molecule has 112 valence electrons. The molecule has 0 fully saturated rings. The van der Waals surface area contributed by atoms with E-state index < -0.39 is 0 Å². The number of hydrogen-bond acceptors (Lipinski definition) is 2. The molecule has 21 heavy (non-hydrogen) atoms. The SMILES string of the molecule is Cc1cc(C)n(CCCNC(=O)c2ccc(Cl)cc2Cl)n1. The largest absolute Gasteiger partial charge is 0.352 e. The van der Waals surface area contributed by atoms with Gasteiger partial charge in [-0.05, 0) is 44.5 Å². The molecular weight excluding hydrogens is 309 g/mol. The van der Waals surface area contributed by atoms with E-state index in [9.17, 15) is 4.79 Å². The van der Waals surface area contributed by atoms with Gasteiger partial charge in [0, 0.05) is 23.8 Å². The van der Waals surface area contributed by atoms with E-state index in [1.54, 1.807) is 18.2 Å². The molecule has 0 bridgehead atoms. The second kappa shape index (κ2) is 6.96. The topological polar surface area (TPSA) is 46.9 Å². The van der Waals surface area contributed by atoms with Gasteiger partial charge in [0.25, 0.3) is 5.91 Å². The lowest BCUT2D eigenvalue weighted by molar-refractivity contribution is 0.0952. The van der Waals surface area contributed by atoms with Crippen LogP contribution >= 0.6 is 23.2 Å². The second-order valence-electron chi connectivity index (χ2n) is 4.88. The summed E-state index contributed by atoms with van der Waals surface area (Å²) < 4.78 is 1.94. The highest BCUT2D eigenvalue weighted by Gasteiger charge is 2.10. The van der Waals surface area contributed by atoms with Crippen molar-refractivity contribution in [3.63, 3.8) is 0 Å². The highest BCUT2D eigenvalue weighted by atomic mass is 35.5. The van der Waals surface area contributed by atoms with Crippen LogP contribution in [0.2, 0.25) is 10.0 Å². The molecular formula is C15H17Cl2N3O. The van der Waals surface area contributed by atoms with Gasteiger partial charge in [-0.3, -0.25) is 9.48 Å². The number of rotatable bonds is 5. The van der Waals surface area contributed by atoms with Crippen LogP contribution < -0.4 is 5.32 Å². The van der Waals surface area contributed by atoms with Crippen LogP contribution in [0.15, 0.2) is 24.3 Å².